The zero-order valence-corrected chi connectivity index (χ0v) is 52.1. The molecule has 0 bridgehead atoms. The third-order valence-electron chi connectivity index (χ3n) is 18.5. The van der Waals surface area contributed by atoms with Crippen LogP contribution >= 0.6 is 0 Å². The van der Waals surface area contributed by atoms with Crippen molar-refractivity contribution in [1.29, 1.82) is 0 Å². The van der Waals surface area contributed by atoms with Crippen molar-refractivity contribution in [3.8, 4) is 22.3 Å². The number of allylic oxidation sites excluding steroid dienone is 16. The van der Waals surface area contributed by atoms with Crippen molar-refractivity contribution in [1.82, 2.24) is 0 Å². The molecule has 0 spiro atoms. The molecule has 2 atom stereocenters. The van der Waals surface area contributed by atoms with Gasteiger partial charge in [0, 0.05) is 43.5 Å². The molecule has 0 amide bonds. The van der Waals surface area contributed by atoms with E-state index in [-0.39, 0.29) is 16.2 Å². The van der Waals surface area contributed by atoms with E-state index in [4.69, 9.17) is 8.83 Å². The van der Waals surface area contributed by atoms with Crippen molar-refractivity contribution >= 4 is 49.5 Å². The first-order valence-electron chi connectivity index (χ1n) is 30.9. The number of hydrogen-bond donors (Lipinski definition) is 0. The normalized spacial score (nSPS) is 18.5. The third-order valence-corrected chi connectivity index (χ3v) is 18.5. The zero-order chi connectivity index (χ0) is 60.5. The third kappa shape index (κ3) is 10.8. The van der Waals surface area contributed by atoms with Crippen LogP contribution in [-0.4, -0.2) is 0 Å². The summed E-state index contributed by atoms with van der Waals surface area (Å²) in [6.07, 6.45) is 26.3. The van der Waals surface area contributed by atoms with Gasteiger partial charge in [0.1, 0.15) is 22.3 Å². The van der Waals surface area contributed by atoms with Crippen LogP contribution in [0, 0.1) is 13.8 Å². The predicted octanol–water partition coefficient (Wildman–Crippen LogP) is 23.7. The summed E-state index contributed by atoms with van der Waals surface area (Å²) in [6.45, 7) is 22.1. The molecular weight excluding hydrogens is 1050 g/mol. The molecule has 430 valence electrons. The molecule has 15 rings (SSSR count). The topological polar surface area (TPSA) is 26.3 Å². The van der Waals surface area contributed by atoms with Crippen LogP contribution in [0.5, 0.6) is 0 Å². The second-order valence-corrected chi connectivity index (χ2v) is 24.8. The molecule has 0 aliphatic heterocycles. The van der Waals surface area contributed by atoms with Crippen LogP contribution in [0.2, 0.25) is 0 Å². The van der Waals surface area contributed by atoms with Gasteiger partial charge in [0.2, 0.25) is 0 Å². The van der Waals surface area contributed by atoms with Gasteiger partial charge in [-0.1, -0.05) is 298 Å². The highest BCUT2D eigenvalue weighted by Crippen LogP contribution is 2.57. The number of furan rings is 2. The molecule has 0 saturated carbocycles. The monoisotopic (exact) mass is 1130 g/mol. The van der Waals surface area contributed by atoms with E-state index >= 15 is 0 Å². The maximum Gasteiger partial charge on any atom is 0.142 e. The number of aryl methyl sites for hydroxylation is 2. The van der Waals surface area contributed by atoms with Crippen LogP contribution in [0.3, 0.4) is 0 Å². The average molecular weight is 1130 g/mol. The maximum atomic E-state index is 6.35. The highest BCUT2D eigenvalue weighted by Gasteiger charge is 2.46. The second-order valence-electron chi connectivity index (χ2n) is 24.8. The molecule has 9 aromatic carbocycles. The summed E-state index contributed by atoms with van der Waals surface area (Å²) < 4.78 is 12.5. The van der Waals surface area contributed by atoms with Crippen molar-refractivity contribution < 1.29 is 8.83 Å². The number of hydrogen-bond acceptors (Lipinski definition) is 2. The molecule has 2 heterocycles. The molecule has 4 aliphatic rings. The number of benzene rings is 9. The molecule has 2 aromatic heterocycles. The van der Waals surface area contributed by atoms with E-state index in [1.807, 2.05) is 31.2 Å². The molecular formula is C85H78O2. The smallest absolute Gasteiger partial charge is 0.142 e. The van der Waals surface area contributed by atoms with Crippen LogP contribution in [0.1, 0.15) is 118 Å². The fraction of sp³-hybridized carbons (Fsp3) is 0.176. The first-order valence-corrected chi connectivity index (χ1v) is 30.9. The Balaban J connectivity index is 0.000000128. The minimum atomic E-state index is -0.360. The summed E-state index contributed by atoms with van der Waals surface area (Å²) in [6, 6.07) is 71.8. The number of rotatable bonds is 6. The molecule has 11 aromatic rings. The van der Waals surface area contributed by atoms with Crippen LogP contribution in [0.15, 0.2) is 298 Å². The Morgan fingerprint density at radius 1 is 0.483 bits per heavy atom. The lowest BCUT2D eigenvalue weighted by atomic mass is 9.67. The number of para-hydroxylation sites is 4. The minimum Gasteiger partial charge on any atom is -0.456 e. The van der Waals surface area contributed by atoms with Gasteiger partial charge in [-0.05, 0) is 140 Å². The maximum absolute atomic E-state index is 6.35. The highest BCUT2D eigenvalue weighted by molar-refractivity contribution is 6.08. The fourth-order valence-electron chi connectivity index (χ4n) is 13.8. The Morgan fingerprint density at radius 2 is 1.03 bits per heavy atom. The molecule has 2 nitrogen and oxygen atoms in total. The summed E-state index contributed by atoms with van der Waals surface area (Å²) in [5.74, 6) is 0. The predicted molar refractivity (Wildman–Crippen MR) is 372 cm³/mol. The molecule has 2 unspecified atom stereocenters. The highest BCUT2D eigenvalue weighted by atomic mass is 16.3. The van der Waals surface area contributed by atoms with Crippen LogP contribution in [-0.2, 0) is 16.2 Å². The molecule has 0 saturated heterocycles. The summed E-state index contributed by atoms with van der Waals surface area (Å²) >= 11 is 0. The van der Waals surface area contributed by atoms with E-state index < -0.39 is 0 Å². The molecule has 2 heteroatoms. The summed E-state index contributed by atoms with van der Waals surface area (Å²) in [4.78, 5) is 0. The van der Waals surface area contributed by atoms with Gasteiger partial charge in [-0.2, -0.15) is 0 Å². The van der Waals surface area contributed by atoms with Crippen molar-refractivity contribution in [2.24, 2.45) is 0 Å². The summed E-state index contributed by atoms with van der Waals surface area (Å²) in [7, 11) is 0. The van der Waals surface area contributed by atoms with E-state index in [2.05, 4.69) is 305 Å². The SMILES string of the molecule is C/C(=C\C=C(/C)C1(c2ccccc2)c2ccccc2-c2ccc(C)cc21)c1cccc2c1oc1ccccc12.C/C=C\C(C)=C1\C=CC=CC1.CC1=CCC(C)(c2cccc3c2oc2ccccc23)C=C1.Cc1ccc2c(c1)C(C)(C)c1ccccc1-2. The molecule has 0 radical (unpaired) electrons. The van der Waals surface area contributed by atoms with Crippen molar-refractivity contribution in [3.05, 3.63) is 339 Å². The fourth-order valence-corrected chi connectivity index (χ4v) is 13.8. The van der Waals surface area contributed by atoms with E-state index in [1.54, 1.807) is 0 Å². The average Bonchev–Trinajstić information content (AvgIpc) is 1.58. The Morgan fingerprint density at radius 3 is 1.69 bits per heavy atom. The Labute approximate surface area is 515 Å². The van der Waals surface area contributed by atoms with Gasteiger partial charge in [0.05, 0.1) is 5.41 Å². The minimum absolute atomic E-state index is 0.00684. The van der Waals surface area contributed by atoms with Gasteiger partial charge in [-0.15, -0.1) is 0 Å². The standard InChI is InChI=1S/C38H30O.C20H18O.C16H16.C11H14/c1-25-20-23-31-30-14-7-9-18-34(30)38(35(31)24-25,28-12-5-4-6-13-28)27(3)22-21-26(2)29-16-11-17-33-32-15-8-10-19-36(32)39-37(29)33;1-14-10-12-20(2,13-11-14)17-8-5-7-16-15-6-3-4-9-18(15)21-19(16)17;1-11-8-9-13-12-6-4-5-7-14(12)16(2,3)15(13)10-11;1-3-7-10(2)11-8-5-4-6-9-11/h4-24H,1-3H3;3-12H,13H2,1-2H3;4-10H,1-3H3;3-8H,9H2,1-2H3/b26-21+,27-22+;;;7-3-,11-10-. The van der Waals surface area contributed by atoms with E-state index in [1.165, 1.54) is 105 Å². The molecule has 87 heavy (non-hydrogen) atoms. The molecule has 0 N–H and O–H groups in total. The lowest BCUT2D eigenvalue weighted by molar-refractivity contribution is 0.578. The lowest BCUT2D eigenvalue weighted by Crippen LogP contribution is -2.28. The summed E-state index contributed by atoms with van der Waals surface area (Å²) in [5.41, 5.74) is 27.7. The Kier molecular flexibility index (Phi) is 16.0. The van der Waals surface area contributed by atoms with E-state index in [0.29, 0.717) is 0 Å². The van der Waals surface area contributed by atoms with Crippen molar-refractivity contribution in [3.63, 3.8) is 0 Å². The Hall–Kier alpha value is -9.50. The summed E-state index contributed by atoms with van der Waals surface area (Å²) in [5, 5.41) is 4.73. The van der Waals surface area contributed by atoms with E-state index in [0.717, 1.165) is 51.5 Å². The first-order chi connectivity index (χ1) is 42.2. The van der Waals surface area contributed by atoms with Crippen LogP contribution in [0.4, 0.5) is 0 Å². The first kappa shape index (κ1) is 57.9. The van der Waals surface area contributed by atoms with Crippen molar-refractivity contribution in [2.75, 3.05) is 0 Å². The lowest BCUT2D eigenvalue weighted by Gasteiger charge is -2.34. The van der Waals surface area contributed by atoms with Gasteiger partial charge in [0.25, 0.3) is 0 Å². The molecule has 0 fully saturated rings. The van der Waals surface area contributed by atoms with Crippen LogP contribution < -0.4 is 0 Å². The van der Waals surface area contributed by atoms with Gasteiger partial charge >= 0.3 is 0 Å². The Bertz CT molecular complexity index is 4680. The van der Waals surface area contributed by atoms with E-state index in [9.17, 15) is 0 Å². The quantitative estimate of drug-likeness (QED) is 0.155. The van der Waals surface area contributed by atoms with Gasteiger partial charge in [0.15, 0.2) is 0 Å². The van der Waals surface area contributed by atoms with Crippen molar-refractivity contribution in [2.45, 2.75) is 98.3 Å². The largest absolute Gasteiger partial charge is 0.456 e. The zero-order valence-electron chi connectivity index (χ0n) is 52.1. The van der Waals surface area contributed by atoms with Crippen LogP contribution in [0.25, 0.3) is 71.7 Å². The van der Waals surface area contributed by atoms with Gasteiger partial charge < -0.3 is 8.83 Å². The number of fused-ring (bicyclic) bond motifs is 12. The van der Waals surface area contributed by atoms with Gasteiger partial charge in [-0.3, -0.25) is 0 Å². The van der Waals surface area contributed by atoms with Gasteiger partial charge in [-0.25, -0.2) is 0 Å². The molecule has 4 aliphatic carbocycles. The second kappa shape index (κ2) is 24.1.